The van der Waals surface area contributed by atoms with E-state index in [1.807, 2.05) is 30.3 Å². The largest absolute Gasteiger partial charge is 0.436 e. The van der Waals surface area contributed by atoms with Gasteiger partial charge in [0.05, 0.1) is 10.6 Å². The molecule has 3 aromatic rings. The quantitative estimate of drug-likeness (QED) is 0.211. The maximum Gasteiger partial charge on any atom is 0.405 e. The first-order chi connectivity index (χ1) is 17.7. The smallest absolute Gasteiger partial charge is 0.405 e. The number of hydrogen-bond donors (Lipinski definition) is 4. The summed E-state index contributed by atoms with van der Waals surface area (Å²) in [6.45, 7) is 0. The van der Waals surface area contributed by atoms with Gasteiger partial charge in [0.2, 0.25) is 0 Å². The van der Waals surface area contributed by atoms with Crippen molar-refractivity contribution in [1.29, 1.82) is 0 Å². The van der Waals surface area contributed by atoms with Gasteiger partial charge in [0, 0.05) is 16.2 Å². The molecule has 5 N–H and O–H groups in total. The molecular weight excluding hydrogens is 518 g/mol. The van der Waals surface area contributed by atoms with Crippen molar-refractivity contribution >= 4 is 39.5 Å². The van der Waals surface area contributed by atoms with E-state index in [4.69, 9.17) is 15.7 Å². The highest BCUT2D eigenvalue weighted by molar-refractivity contribution is 7.99. The minimum Gasteiger partial charge on any atom is -0.436 e. The molecule has 37 heavy (non-hydrogen) atoms. The van der Waals surface area contributed by atoms with Gasteiger partial charge in [-0.1, -0.05) is 60.3 Å². The monoisotopic (exact) mass is 543 g/mol. The van der Waals surface area contributed by atoms with E-state index >= 15 is 0 Å². The lowest BCUT2D eigenvalue weighted by atomic mass is 10.1. The maximum absolute atomic E-state index is 13.0. The Balaban J connectivity index is 1.74. The number of benzene rings is 3. The molecule has 0 aliphatic heterocycles. The number of sulfone groups is 1. The Hall–Kier alpha value is -3.87. The zero-order chi connectivity index (χ0) is 26.8. The number of ether oxygens (including phenoxy) is 1. The fourth-order valence-corrected chi connectivity index (χ4v) is 5.59. The van der Waals surface area contributed by atoms with Crippen molar-refractivity contribution < 1.29 is 32.7 Å². The second-order valence-corrected chi connectivity index (χ2v) is 11.0. The zero-order valence-corrected chi connectivity index (χ0v) is 21.1. The molecule has 3 rings (SSSR count). The van der Waals surface area contributed by atoms with Gasteiger partial charge < -0.3 is 15.8 Å². The molecule has 0 radical (unpaired) electrons. The lowest BCUT2D eigenvalue weighted by molar-refractivity contribution is -0.137. The average molecular weight is 544 g/mol. The Morgan fingerprint density at radius 2 is 1.43 bits per heavy atom. The molecule has 0 saturated heterocycles. The van der Waals surface area contributed by atoms with Gasteiger partial charge in [-0.05, 0) is 42.0 Å². The van der Waals surface area contributed by atoms with Crippen LogP contribution in [0.15, 0.2) is 99.6 Å². The number of nitrogens with two attached hydrogens (primary N) is 1. The van der Waals surface area contributed by atoms with E-state index in [1.54, 1.807) is 42.5 Å². The summed E-state index contributed by atoms with van der Waals surface area (Å²) in [7, 11) is -4.09. The van der Waals surface area contributed by atoms with Crippen LogP contribution in [0.2, 0.25) is 0 Å². The summed E-state index contributed by atoms with van der Waals surface area (Å²) in [4.78, 5) is 38.1. The summed E-state index contributed by atoms with van der Waals surface area (Å²) in [6, 6.07) is 22.4. The number of hydrogen-bond acceptors (Lipinski definition) is 8. The van der Waals surface area contributed by atoms with E-state index in [9.17, 15) is 22.8 Å². The molecule has 0 saturated carbocycles. The second kappa shape index (κ2) is 12.9. The van der Waals surface area contributed by atoms with Gasteiger partial charge in [-0.25, -0.2) is 18.7 Å². The van der Waals surface area contributed by atoms with Crippen LogP contribution < -0.4 is 16.5 Å². The fraction of sp³-hybridized carbons (Fsp3) is 0.160. The highest BCUT2D eigenvalue weighted by Crippen LogP contribution is 2.28. The van der Waals surface area contributed by atoms with Crippen LogP contribution in [0.1, 0.15) is 5.56 Å². The third-order valence-electron chi connectivity index (χ3n) is 5.11. The molecule has 0 heterocycles. The molecule has 2 atom stereocenters. The van der Waals surface area contributed by atoms with Gasteiger partial charge in [-0.3, -0.25) is 14.8 Å². The maximum atomic E-state index is 13.0. The predicted octanol–water partition coefficient (Wildman–Crippen LogP) is 2.31. The summed E-state index contributed by atoms with van der Waals surface area (Å²) in [5.74, 6) is -2.97. The third-order valence-corrected chi connectivity index (χ3v) is 7.88. The Kier molecular flexibility index (Phi) is 9.66. The second-order valence-electron chi connectivity index (χ2n) is 7.82. The van der Waals surface area contributed by atoms with Crippen LogP contribution >= 0.6 is 11.8 Å². The van der Waals surface area contributed by atoms with Crippen LogP contribution in [-0.2, 0) is 30.6 Å². The van der Waals surface area contributed by atoms with E-state index in [0.717, 1.165) is 9.79 Å². The highest BCUT2D eigenvalue weighted by Gasteiger charge is 2.32. The molecule has 0 spiro atoms. The van der Waals surface area contributed by atoms with E-state index in [0.29, 0.717) is 5.56 Å². The lowest BCUT2D eigenvalue weighted by Crippen LogP contribution is -2.53. The van der Waals surface area contributed by atoms with Crippen LogP contribution in [-0.4, -0.2) is 49.4 Å². The van der Waals surface area contributed by atoms with Crippen LogP contribution in [0, 0.1) is 0 Å². The number of carbonyl (C=O) groups excluding carboxylic acids is 3. The third kappa shape index (κ3) is 8.34. The predicted molar refractivity (Wildman–Crippen MR) is 136 cm³/mol. The topological polar surface area (TPSA) is 165 Å². The number of carbonyl (C=O) groups is 3. The summed E-state index contributed by atoms with van der Waals surface area (Å²) in [6.07, 6.45) is -2.73. The molecule has 0 aliphatic rings. The molecule has 0 aliphatic carbocycles. The molecule has 2 unspecified atom stereocenters. The average Bonchev–Trinajstić information content (AvgIpc) is 2.88. The molecule has 3 amide bonds. The van der Waals surface area contributed by atoms with Crippen molar-refractivity contribution in [1.82, 2.24) is 10.8 Å². The zero-order valence-electron chi connectivity index (χ0n) is 19.4. The van der Waals surface area contributed by atoms with E-state index in [2.05, 4.69) is 5.32 Å². The van der Waals surface area contributed by atoms with Gasteiger partial charge in [0.25, 0.3) is 11.8 Å². The van der Waals surface area contributed by atoms with Gasteiger partial charge in [-0.2, -0.15) is 0 Å². The number of amides is 3. The van der Waals surface area contributed by atoms with Crippen molar-refractivity contribution in [3.8, 4) is 0 Å². The van der Waals surface area contributed by atoms with Gasteiger partial charge in [-0.15, -0.1) is 0 Å². The van der Waals surface area contributed by atoms with E-state index in [-0.39, 0.29) is 11.3 Å². The van der Waals surface area contributed by atoms with Crippen LogP contribution in [0.4, 0.5) is 4.79 Å². The van der Waals surface area contributed by atoms with Crippen molar-refractivity contribution in [2.75, 3.05) is 5.75 Å². The molecule has 194 valence electrons. The minimum atomic E-state index is -4.09. The molecule has 3 aromatic carbocycles. The van der Waals surface area contributed by atoms with Crippen LogP contribution in [0.3, 0.4) is 0 Å². The SMILES string of the molecule is NC(=O)OC(Cc1ccccc1)C(=O)NC(CS(=O)(=O)c1ccc(Sc2ccccc2)cc1)C(=O)NO. The molecule has 10 nitrogen and oxygen atoms in total. The first kappa shape index (κ1) is 27.7. The van der Waals surface area contributed by atoms with Crippen molar-refractivity contribution in [2.24, 2.45) is 5.73 Å². The normalized spacial score (nSPS) is 12.7. The standard InChI is InChI=1S/C25H25N3O7S2/c26-25(31)35-22(15-17-7-3-1-4-8-17)24(30)27-21(23(29)28-32)16-37(33,34)20-13-11-19(12-14-20)36-18-9-5-2-6-10-18/h1-14,21-22,32H,15-16H2,(H2,26,31)(H,27,30)(H,28,29). The minimum absolute atomic E-state index is 0.0730. The number of nitrogens with one attached hydrogen (secondary N) is 2. The Morgan fingerprint density at radius 3 is 2.00 bits per heavy atom. The summed E-state index contributed by atoms with van der Waals surface area (Å²) in [5, 5.41) is 11.4. The lowest BCUT2D eigenvalue weighted by Gasteiger charge is -2.21. The molecule has 0 fully saturated rings. The Morgan fingerprint density at radius 1 is 0.865 bits per heavy atom. The summed E-state index contributed by atoms with van der Waals surface area (Å²) in [5.41, 5.74) is 7.07. The van der Waals surface area contributed by atoms with Crippen molar-refractivity contribution in [2.45, 2.75) is 33.3 Å². The fourth-order valence-electron chi connectivity index (χ4n) is 3.34. The van der Waals surface area contributed by atoms with Crippen LogP contribution in [0.5, 0.6) is 0 Å². The van der Waals surface area contributed by atoms with Gasteiger partial charge >= 0.3 is 6.09 Å². The highest BCUT2D eigenvalue weighted by atomic mass is 32.2. The Labute approximate surface area is 218 Å². The first-order valence-corrected chi connectivity index (χ1v) is 13.4. The van der Waals surface area contributed by atoms with E-state index in [1.165, 1.54) is 29.4 Å². The molecule has 0 bridgehead atoms. The van der Waals surface area contributed by atoms with Crippen LogP contribution in [0.25, 0.3) is 0 Å². The number of rotatable bonds is 11. The number of hydroxylamine groups is 1. The van der Waals surface area contributed by atoms with Crippen molar-refractivity contribution in [3.05, 3.63) is 90.5 Å². The van der Waals surface area contributed by atoms with Gasteiger partial charge in [0.15, 0.2) is 15.9 Å². The summed E-state index contributed by atoms with van der Waals surface area (Å²) >= 11 is 1.45. The first-order valence-electron chi connectivity index (χ1n) is 11.0. The van der Waals surface area contributed by atoms with Gasteiger partial charge in [0.1, 0.15) is 6.04 Å². The molecular formula is C25H25N3O7S2. The summed E-state index contributed by atoms with van der Waals surface area (Å²) < 4.78 is 30.9. The molecule has 12 heteroatoms. The number of primary amides is 1. The van der Waals surface area contributed by atoms with E-state index < -0.39 is 45.6 Å². The van der Waals surface area contributed by atoms with Crippen molar-refractivity contribution in [3.63, 3.8) is 0 Å². The Bertz CT molecular complexity index is 1320. The molecule has 0 aromatic heterocycles.